The summed E-state index contributed by atoms with van der Waals surface area (Å²) in [6.45, 7) is 4.09. The summed E-state index contributed by atoms with van der Waals surface area (Å²) >= 11 is 23.8. The van der Waals surface area contributed by atoms with E-state index in [-0.39, 0.29) is 25.7 Å². The maximum Gasteiger partial charge on any atom is 0.338 e. The lowest BCUT2D eigenvalue weighted by Crippen LogP contribution is -2.18. The van der Waals surface area contributed by atoms with Crippen molar-refractivity contribution in [3.63, 3.8) is 0 Å². The highest BCUT2D eigenvalue weighted by molar-refractivity contribution is 6.54. The first-order chi connectivity index (χ1) is 11.6. The lowest BCUT2D eigenvalue weighted by molar-refractivity contribution is 0.0692. The Morgan fingerprint density at radius 2 is 1.36 bits per heavy atom. The molecule has 2 rings (SSSR count). The number of aromatic carboxylic acids is 1. The number of rotatable bonds is 4. The Morgan fingerprint density at radius 3 is 1.80 bits per heavy atom. The molecule has 1 amide bonds. The van der Waals surface area contributed by atoms with Crippen LogP contribution in [0.25, 0.3) is 0 Å². The first-order valence-electron chi connectivity index (χ1n) is 7.15. The van der Waals surface area contributed by atoms with Gasteiger partial charge in [0, 0.05) is 5.69 Å². The van der Waals surface area contributed by atoms with Gasteiger partial charge in [-0.1, -0.05) is 72.4 Å². The largest absolute Gasteiger partial charge is 0.478 e. The molecule has 0 heterocycles. The molecule has 0 saturated carbocycles. The van der Waals surface area contributed by atoms with Gasteiger partial charge in [-0.05, 0) is 23.6 Å². The quantitative estimate of drug-likeness (QED) is 0.445. The molecule has 132 valence electrons. The minimum Gasteiger partial charge on any atom is -0.478 e. The standard InChI is InChI=1S/C17H13Cl4NO3/c1-7(2)8-3-5-9(6-4-8)22-16(23)10-11(17(24)25)13(19)15(21)14(20)12(10)18/h3-7H,1-2H3,(H,22,23)(H,24,25). The van der Waals surface area contributed by atoms with Crippen LogP contribution in [0.2, 0.25) is 20.1 Å². The van der Waals surface area contributed by atoms with Crippen molar-refractivity contribution in [3.05, 3.63) is 61.0 Å². The van der Waals surface area contributed by atoms with Crippen LogP contribution >= 0.6 is 46.4 Å². The van der Waals surface area contributed by atoms with Crippen molar-refractivity contribution >= 4 is 64.0 Å². The Balaban J connectivity index is 2.47. The Hall–Kier alpha value is -1.46. The van der Waals surface area contributed by atoms with Crippen LogP contribution in [-0.2, 0) is 0 Å². The molecular formula is C17H13Cl4NO3. The molecule has 0 radical (unpaired) electrons. The van der Waals surface area contributed by atoms with Crippen molar-refractivity contribution in [1.29, 1.82) is 0 Å². The average molecular weight is 421 g/mol. The molecule has 0 bridgehead atoms. The number of hydrogen-bond acceptors (Lipinski definition) is 2. The highest BCUT2D eigenvalue weighted by Crippen LogP contribution is 2.41. The fourth-order valence-electron chi connectivity index (χ4n) is 2.19. The Morgan fingerprint density at radius 1 is 0.880 bits per heavy atom. The molecule has 4 nitrogen and oxygen atoms in total. The van der Waals surface area contributed by atoms with Gasteiger partial charge < -0.3 is 10.4 Å². The number of benzene rings is 2. The predicted octanol–water partition coefficient (Wildman–Crippen LogP) is 6.37. The van der Waals surface area contributed by atoms with Crippen LogP contribution in [0.4, 0.5) is 5.69 Å². The Labute approximate surface area is 164 Å². The van der Waals surface area contributed by atoms with Crippen molar-refractivity contribution in [2.45, 2.75) is 19.8 Å². The third kappa shape index (κ3) is 4.04. The maximum atomic E-state index is 12.6. The molecule has 0 aromatic heterocycles. The molecule has 0 atom stereocenters. The number of carbonyl (C=O) groups excluding carboxylic acids is 1. The number of carboxylic acids is 1. The van der Waals surface area contributed by atoms with Crippen molar-refractivity contribution in [2.24, 2.45) is 0 Å². The molecular weight excluding hydrogens is 408 g/mol. The highest BCUT2D eigenvalue weighted by atomic mass is 35.5. The lowest BCUT2D eigenvalue weighted by Gasteiger charge is -2.14. The number of amides is 1. The Kier molecular flexibility index (Phi) is 6.22. The minimum absolute atomic E-state index is 0.182. The number of nitrogens with one attached hydrogen (secondary N) is 1. The smallest absolute Gasteiger partial charge is 0.338 e. The number of halogens is 4. The van der Waals surface area contributed by atoms with Crippen LogP contribution in [0.15, 0.2) is 24.3 Å². The van der Waals surface area contributed by atoms with E-state index in [2.05, 4.69) is 5.32 Å². The second-order valence-corrected chi connectivity index (χ2v) is 7.05. The molecule has 0 fully saturated rings. The molecule has 8 heteroatoms. The fraction of sp³-hybridized carbons (Fsp3) is 0.176. The molecule has 0 saturated heterocycles. The zero-order chi connectivity index (χ0) is 18.9. The van der Waals surface area contributed by atoms with Crippen LogP contribution < -0.4 is 5.32 Å². The molecule has 2 N–H and O–H groups in total. The van der Waals surface area contributed by atoms with Crippen molar-refractivity contribution in [1.82, 2.24) is 0 Å². The molecule has 0 aliphatic heterocycles. The predicted molar refractivity (Wildman–Crippen MR) is 102 cm³/mol. The Bertz CT molecular complexity index is 848. The molecule has 0 spiro atoms. The topological polar surface area (TPSA) is 66.4 Å². The van der Waals surface area contributed by atoms with Gasteiger partial charge >= 0.3 is 5.97 Å². The van der Waals surface area contributed by atoms with E-state index in [1.807, 2.05) is 26.0 Å². The summed E-state index contributed by atoms with van der Waals surface area (Å²) in [7, 11) is 0. The summed E-state index contributed by atoms with van der Waals surface area (Å²) in [5, 5.41) is 10.9. The first kappa shape index (κ1) is 19.9. The van der Waals surface area contributed by atoms with E-state index in [1.165, 1.54) is 0 Å². The third-order valence-electron chi connectivity index (χ3n) is 3.54. The molecule has 2 aromatic carbocycles. The summed E-state index contributed by atoms with van der Waals surface area (Å²) in [6.07, 6.45) is 0. The fourth-order valence-corrected chi connectivity index (χ4v) is 3.21. The van der Waals surface area contributed by atoms with Crippen LogP contribution in [-0.4, -0.2) is 17.0 Å². The van der Waals surface area contributed by atoms with E-state index in [0.29, 0.717) is 11.6 Å². The summed E-state index contributed by atoms with van der Waals surface area (Å²) < 4.78 is 0. The summed E-state index contributed by atoms with van der Waals surface area (Å²) in [6, 6.07) is 7.14. The lowest BCUT2D eigenvalue weighted by atomic mass is 10.0. The van der Waals surface area contributed by atoms with E-state index in [1.54, 1.807) is 12.1 Å². The van der Waals surface area contributed by atoms with Gasteiger partial charge in [-0.3, -0.25) is 4.79 Å². The van der Waals surface area contributed by atoms with Gasteiger partial charge in [-0.15, -0.1) is 0 Å². The molecule has 0 aliphatic rings. The number of anilines is 1. The summed E-state index contributed by atoms with van der Waals surface area (Å²) in [5.41, 5.74) is 0.725. The van der Waals surface area contributed by atoms with Gasteiger partial charge in [-0.25, -0.2) is 4.79 Å². The second-order valence-electron chi connectivity index (χ2n) is 5.54. The van der Waals surface area contributed by atoms with Crippen LogP contribution in [0.1, 0.15) is 46.0 Å². The number of carboxylic acid groups (broad SMARTS) is 1. The van der Waals surface area contributed by atoms with E-state index in [0.717, 1.165) is 5.56 Å². The minimum atomic E-state index is -1.44. The van der Waals surface area contributed by atoms with E-state index in [9.17, 15) is 14.7 Å². The molecule has 0 unspecified atom stereocenters. The first-order valence-corrected chi connectivity index (χ1v) is 8.66. The average Bonchev–Trinajstić information content (AvgIpc) is 2.55. The van der Waals surface area contributed by atoms with E-state index in [4.69, 9.17) is 46.4 Å². The highest BCUT2D eigenvalue weighted by Gasteiger charge is 2.28. The SMILES string of the molecule is CC(C)c1ccc(NC(=O)c2c(Cl)c(Cl)c(Cl)c(Cl)c2C(=O)O)cc1. The third-order valence-corrected chi connectivity index (χ3v) is 5.35. The summed E-state index contributed by atoms with van der Waals surface area (Å²) in [5.74, 6) is -1.85. The van der Waals surface area contributed by atoms with Crippen molar-refractivity contribution in [3.8, 4) is 0 Å². The monoisotopic (exact) mass is 419 g/mol. The van der Waals surface area contributed by atoms with Gasteiger partial charge in [0.2, 0.25) is 0 Å². The summed E-state index contributed by atoms with van der Waals surface area (Å²) in [4.78, 5) is 24.1. The molecule has 2 aromatic rings. The van der Waals surface area contributed by atoms with Crippen LogP contribution in [0.5, 0.6) is 0 Å². The van der Waals surface area contributed by atoms with E-state index >= 15 is 0 Å². The zero-order valence-corrected chi connectivity index (χ0v) is 16.2. The normalized spacial score (nSPS) is 10.8. The van der Waals surface area contributed by atoms with Gasteiger partial charge in [-0.2, -0.15) is 0 Å². The molecule has 0 aliphatic carbocycles. The van der Waals surface area contributed by atoms with Crippen LogP contribution in [0.3, 0.4) is 0 Å². The van der Waals surface area contributed by atoms with Gasteiger partial charge in [0.05, 0.1) is 31.2 Å². The van der Waals surface area contributed by atoms with Gasteiger partial charge in [0.15, 0.2) is 0 Å². The number of hydrogen-bond donors (Lipinski definition) is 2. The van der Waals surface area contributed by atoms with Gasteiger partial charge in [0.25, 0.3) is 5.91 Å². The van der Waals surface area contributed by atoms with Gasteiger partial charge in [0.1, 0.15) is 0 Å². The van der Waals surface area contributed by atoms with Crippen molar-refractivity contribution in [2.75, 3.05) is 5.32 Å². The number of carbonyl (C=O) groups is 2. The van der Waals surface area contributed by atoms with Crippen molar-refractivity contribution < 1.29 is 14.7 Å². The maximum absolute atomic E-state index is 12.6. The van der Waals surface area contributed by atoms with Crippen LogP contribution in [0, 0.1) is 0 Å². The second kappa shape index (κ2) is 7.83. The zero-order valence-electron chi connectivity index (χ0n) is 13.2. The molecule has 25 heavy (non-hydrogen) atoms. The van der Waals surface area contributed by atoms with E-state index < -0.39 is 17.4 Å².